The molecule has 39 heavy (non-hydrogen) atoms. The fourth-order valence-corrected chi connectivity index (χ4v) is 5.22. The summed E-state index contributed by atoms with van der Waals surface area (Å²) in [7, 11) is 0. The molecule has 0 unspecified atom stereocenters. The number of hydrogen-bond acceptors (Lipinski definition) is 11. The molecule has 2 aromatic heterocycles. The van der Waals surface area contributed by atoms with Crippen LogP contribution in [0.2, 0.25) is 0 Å². The predicted octanol–water partition coefficient (Wildman–Crippen LogP) is 3.00. The topological polar surface area (TPSA) is 147 Å². The van der Waals surface area contributed by atoms with Gasteiger partial charge in [-0.15, -0.1) is 0 Å². The lowest BCUT2D eigenvalue weighted by Gasteiger charge is -2.23. The summed E-state index contributed by atoms with van der Waals surface area (Å²) < 4.78 is 22.4. The van der Waals surface area contributed by atoms with E-state index in [0.717, 1.165) is 15.7 Å². The van der Waals surface area contributed by atoms with Gasteiger partial charge in [-0.05, 0) is 34.9 Å². The van der Waals surface area contributed by atoms with Crippen LogP contribution >= 0.6 is 11.9 Å². The zero-order valence-corrected chi connectivity index (χ0v) is 22.2. The highest BCUT2D eigenvalue weighted by Gasteiger charge is 2.50. The van der Waals surface area contributed by atoms with Crippen molar-refractivity contribution in [3.8, 4) is 0 Å². The molecule has 4 atom stereocenters. The van der Waals surface area contributed by atoms with Gasteiger partial charge in [0.15, 0.2) is 35.4 Å². The van der Waals surface area contributed by atoms with E-state index in [1.54, 1.807) is 4.57 Å². The van der Waals surface area contributed by atoms with Gasteiger partial charge in [0.1, 0.15) is 12.4 Å². The zero-order chi connectivity index (χ0) is 27.5. The number of benzene rings is 2. The second-order valence-electron chi connectivity index (χ2n) is 8.90. The van der Waals surface area contributed by atoms with Crippen LogP contribution < -0.4 is 10.0 Å². The van der Waals surface area contributed by atoms with E-state index in [1.807, 2.05) is 36.4 Å². The lowest BCUT2D eigenvalue weighted by Crippen LogP contribution is -2.41. The quantitative estimate of drug-likeness (QED) is 0.246. The molecule has 1 amide bonds. The van der Waals surface area contributed by atoms with Crippen LogP contribution in [0.15, 0.2) is 60.0 Å². The number of carbonyl (C=O) groups is 3. The number of ether oxygens (including phenoxy) is 3. The van der Waals surface area contributed by atoms with Gasteiger partial charge in [0.05, 0.1) is 6.33 Å². The Balaban J connectivity index is 1.40. The molecule has 0 radical (unpaired) electrons. The van der Waals surface area contributed by atoms with Crippen molar-refractivity contribution in [1.82, 2.24) is 24.2 Å². The number of hydrogen-bond donors (Lipinski definition) is 2. The van der Waals surface area contributed by atoms with E-state index < -0.39 is 36.5 Å². The average molecular weight is 551 g/mol. The number of fused-ring (bicyclic) bond motifs is 2. The highest BCUT2D eigenvalue weighted by atomic mass is 32.2. The fourth-order valence-electron chi connectivity index (χ4n) is 4.48. The van der Waals surface area contributed by atoms with Crippen LogP contribution in [-0.2, 0) is 28.6 Å². The van der Waals surface area contributed by atoms with Crippen molar-refractivity contribution in [1.29, 1.82) is 0 Å². The van der Waals surface area contributed by atoms with Gasteiger partial charge in [0, 0.05) is 32.2 Å². The van der Waals surface area contributed by atoms with Crippen LogP contribution in [0.5, 0.6) is 0 Å². The summed E-state index contributed by atoms with van der Waals surface area (Å²) in [6, 6.07) is 14.2. The summed E-state index contributed by atoms with van der Waals surface area (Å²) in [5.74, 6) is -1.19. The summed E-state index contributed by atoms with van der Waals surface area (Å²) in [4.78, 5) is 49.4. The maximum atomic E-state index is 12.1. The first-order valence-corrected chi connectivity index (χ1v) is 13.0. The zero-order valence-electron chi connectivity index (χ0n) is 21.4. The van der Waals surface area contributed by atoms with Gasteiger partial charge in [0.2, 0.25) is 5.91 Å². The Morgan fingerprint density at radius 2 is 1.72 bits per heavy atom. The first-order chi connectivity index (χ1) is 18.8. The van der Waals surface area contributed by atoms with Crippen molar-refractivity contribution >= 4 is 57.5 Å². The number of esters is 2. The maximum absolute atomic E-state index is 12.1. The molecule has 1 aliphatic heterocycles. The van der Waals surface area contributed by atoms with Gasteiger partial charge in [-0.3, -0.25) is 23.7 Å². The number of carbonyl (C=O) groups excluding carboxylic acids is 3. The van der Waals surface area contributed by atoms with Gasteiger partial charge in [-0.2, -0.15) is 0 Å². The molecule has 1 fully saturated rings. The Morgan fingerprint density at radius 1 is 0.974 bits per heavy atom. The molecule has 1 saturated heterocycles. The molecule has 0 saturated carbocycles. The number of imidazole rings is 1. The van der Waals surface area contributed by atoms with Crippen LogP contribution in [0.4, 0.5) is 5.82 Å². The summed E-state index contributed by atoms with van der Waals surface area (Å²) >= 11 is 1.41. The minimum Gasteiger partial charge on any atom is -0.456 e. The van der Waals surface area contributed by atoms with E-state index in [4.69, 9.17) is 14.2 Å². The largest absolute Gasteiger partial charge is 0.456 e. The molecule has 1 aliphatic rings. The van der Waals surface area contributed by atoms with Crippen LogP contribution in [0.25, 0.3) is 21.9 Å². The first-order valence-electron chi connectivity index (χ1n) is 12.1. The number of anilines is 1. The Labute approximate surface area is 227 Å². The minimum absolute atomic E-state index is 0.231. The predicted molar refractivity (Wildman–Crippen MR) is 142 cm³/mol. The molecule has 4 aromatic rings. The van der Waals surface area contributed by atoms with Gasteiger partial charge in [-0.1, -0.05) is 30.3 Å². The fraction of sp³-hybridized carbons (Fsp3) is 0.308. The van der Waals surface area contributed by atoms with Gasteiger partial charge in [-0.25, -0.2) is 15.0 Å². The number of aromatic nitrogens is 4. The van der Waals surface area contributed by atoms with E-state index in [-0.39, 0.29) is 18.3 Å². The third kappa shape index (κ3) is 5.85. The standard InChI is InChI=1S/C26H26N6O6S/c1-14(33)31-24-21-25(28-12-27-24)32(13-29-21)26-23(37-16(3)35)22(36-15(2)34)20(38-26)11-30-39-19-9-8-17-6-4-5-7-18(17)10-19/h4-10,12-13,20,22-23,26,30H,11H2,1-3H3,(H,27,28,31,33)/t20-,22-,23-,26-/m1/s1. The van der Waals surface area contributed by atoms with E-state index in [2.05, 4.69) is 31.1 Å². The second-order valence-corrected chi connectivity index (χ2v) is 9.86. The van der Waals surface area contributed by atoms with E-state index in [9.17, 15) is 14.4 Å². The van der Waals surface area contributed by atoms with Crippen molar-refractivity contribution < 1.29 is 28.6 Å². The molecule has 202 valence electrons. The van der Waals surface area contributed by atoms with Crippen molar-refractivity contribution in [2.75, 3.05) is 11.9 Å². The molecule has 2 aromatic carbocycles. The van der Waals surface area contributed by atoms with E-state index >= 15 is 0 Å². The summed E-state index contributed by atoms with van der Waals surface area (Å²) in [5.41, 5.74) is 0.673. The number of nitrogens with one attached hydrogen (secondary N) is 2. The average Bonchev–Trinajstić information content (AvgIpc) is 3.45. The van der Waals surface area contributed by atoms with E-state index in [0.29, 0.717) is 11.2 Å². The van der Waals surface area contributed by atoms with E-state index in [1.165, 1.54) is 45.4 Å². The molecule has 0 spiro atoms. The number of nitrogens with zero attached hydrogens (tertiary/aromatic N) is 4. The molecule has 0 bridgehead atoms. The molecule has 2 N–H and O–H groups in total. The van der Waals surface area contributed by atoms with Gasteiger partial charge in [0.25, 0.3) is 0 Å². The summed E-state index contributed by atoms with van der Waals surface area (Å²) in [6.07, 6.45) is -0.748. The molecule has 13 heteroatoms. The molecular weight excluding hydrogens is 524 g/mol. The van der Waals surface area contributed by atoms with Crippen molar-refractivity contribution in [3.63, 3.8) is 0 Å². The molecule has 5 rings (SSSR count). The van der Waals surface area contributed by atoms with Crippen LogP contribution in [-0.4, -0.2) is 62.2 Å². The first kappa shape index (κ1) is 26.5. The van der Waals surface area contributed by atoms with Crippen molar-refractivity contribution in [3.05, 3.63) is 55.1 Å². The maximum Gasteiger partial charge on any atom is 0.303 e. The van der Waals surface area contributed by atoms with Crippen LogP contribution in [0.3, 0.4) is 0 Å². The van der Waals surface area contributed by atoms with Crippen molar-refractivity contribution in [2.45, 2.75) is 50.2 Å². The number of rotatable bonds is 8. The molecule has 12 nitrogen and oxygen atoms in total. The Morgan fingerprint density at radius 3 is 2.46 bits per heavy atom. The smallest absolute Gasteiger partial charge is 0.303 e. The number of amides is 1. The Kier molecular flexibility index (Phi) is 7.72. The normalized spacial score (nSPS) is 20.7. The molecule has 3 heterocycles. The third-order valence-electron chi connectivity index (χ3n) is 6.01. The lowest BCUT2D eigenvalue weighted by atomic mass is 10.1. The summed E-state index contributed by atoms with van der Waals surface area (Å²) in [5, 5.41) is 4.87. The third-order valence-corrected chi connectivity index (χ3v) is 6.81. The second kappa shape index (κ2) is 11.4. The Bertz CT molecular complexity index is 1540. The molecular formula is C26H26N6O6S. The van der Waals surface area contributed by atoms with Crippen molar-refractivity contribution in [2.24, 2.45) is 0 Å². The van der Waals surface area contributed by atoms with Crippen LogP contribution in [0.1, 0.15) is 27.0 Å². The highest BCUT2D eigenvalue weighted by Crippen LogP contribution is 2.36. The SMILES string of the molecule is CC(=O)Nc1ncnc2c1ncn2[C@@H]1O[C@H](CNSc2ccc3ccccc3c2)[C@@H](OC(C)=O)[C@H]1OC(C)=O. The summed E-state index contributed by atoms with van der Waals surface area (Å²) in [6.45, 7) is 4.18. The lowest BCUT2D eigenvalue weighted by molar-refractivity contribution is -0.165. The van der Waals surface area contributed by atoms with Crippen LogP contribution in [0, 0.1) is 0 Å². The molecule has 0 aliphatic carbocycles. The highest BCUT2D eigenvalue weighted by molar-refractivity contribution is 7.97. The Hall–Kier alpha value is -4.07. The minimum atomic E-state index is -0.986. The van der Waals surface area contributed by atoms with Gasteiger partial charge < -0.3 is 19.5 Å². The monoisotopic (exact) mass is 550 g/mol. The van der Waals surface area contributed by atoms with Gasteiger partial charge >= 0.3 is 11.9 Å².